The number of rotatable bonds is 4. The Balaban J connectivity index is 2.85. The third-order valence-corrected chi connectivity index (χ3v) is 2.61. The van der Waals surface area contributed by atoms with Crippen molar-refractivity contribution < 1.29 is 5.11 Å². The Morgan fingerprint density at radius 3 is 2.81 bits per heavy atom. The van der Waals surface area contributed by atoms with E-state index in [0.717, 1.165) is 5.69 Å². The molecule has 0 aliphatic carbocycles. The number of benzene rings is 1. The van der Waals surface area contributed by atoms with E-state index in [1.54, 1.807) is 25.1 Å². The number of anilines is 1. The minimum Gasteiger partial charge on any atom is -0.393 e. The van der Waals surface area contributed by atoms with Gasteiger partial charge in [0.25, 0.3) is 0 Å². The molecule has 0 saturated carbocycles. The summed E-state index contributed by atoms with van der Waals surface area (Å²) in [5.41, 5.74) is 1.40. The summed E-state index contributed by atoms with van der Waals surface area (Å²) in [6.07, 6.45) is 0.320. The van der Waals surface area contributed by atoms with Crippen LogP contribution in [0.2, 0.25) is 5.02 Å². The molecule has 16 heavy (non-hydrogen) atoms. The molecule has 0 saturated heterocycles. The molecule has 0 radical (unpaired) electrons. The second kappa shape index (κ2) is 5.74. The number of hydrogen-bond donors (Lipinski definition) is 1. The van der Waals surface area contributed by atoms with E-state index < -0.39 is 0 Å². The van der Waals surface area contributed by atoms with Crippen molar-refractivity contribution in [1.29, 1.82) is 5.26 Å². The summed E-state index contributed by atoms with van der Waals surface area (Å²) in [5, 5.41) is 18.8. The van der Waals surface area contributed by atoms with Crippen molar-refractivity contribution in [3.63, 3.8) is 0 Å². The first-order valence-electron chi connectivity index (χ1n) is 5.13. The van der Waals surface area contributed by atoms with Crippen LogP contribution < -0.4 is 4.90 Å². The van der Waals surface area contributed by atoms with Crippen LogP contribution in [0, 0.1) is 11.3 Å². The predicted molar refractivity (Wildman–Crippen MR) is 65.7 cm³/mol. The number of aliphatic hydroxyl groups is 1. The van der Waals surface area contributed by atoms with Crippen LogP contribution in [0.5, 0.6) is 0 Å². The average molecular weight is 239 g/mol. The van der Waals surface area contributed by atoms with Crippen molar-refractivity contribution in [2.75, 3.05) is 18.5 Å². The Kier molecular flexibility index (Phi) is 4.60. The van der Waals surface area contributed by atoms with Gasteiger partial charge in [-0.25, -0.2) is 0 Å². The zero-order chi connectivity index (χ0) is 12.1. The third kappa shape index (κ3) is 3.41. The van der Waals surface area contributed by atoms with Gasteiger partial charge in [-0.05, 0) is 31.5 Å². The van der Waals surface area contributed by atoms with E-state index in [9.17, 15) is 5.11 Å². The molecular weight excluding hydrogens is 224 g/mol. The minimum absolute atomic E-state index is 0.341. The van der Waals surface area contributed by atoms with Crippen LogP contribution in [0.3, 0.4) is 0 Å². The molecule has 1 rings (SSSR count). The van der Waals surface area contributed by atoms with Crippen LogP contribution >= 0.6 is 11.6 Å². The summed E-state index contributed by atoms with van der Waals surface area (Å²) >= 11 is 5.90. The first-order chi connectivity index (χ1) is 7.54. The van der Waals surface area contributed by atoms with Gasteiger partial charge in [0, 0.05) is 18.6 Å². The first-order valence-corrected chi connectivity index (χ1v) is 5.51. The van der Waals surface area contributed by atoms with Gasteiger partial charge in [-0.15, -0.1) is 0 Å². The first kappa shape index (κ1) is 12.8. The van der Waals surface area contributed by atoms with Gasteiger partial charge in [0.15, 0.2) is 0 Å². The summed E-state index contributed by atoms with van der Waals surface area (Å²) < 4.78 is 0. The highest BCUT2D eigenvalue weighted by atomic mass is 35.5. The van der Waals surface area contributed by atoms with Crippen LogP contribution in [0.25, 0.3) is 0 Å². The molecule has 1 atom stereocenters. The fraction of sp³-hybridized carbons (Fsp3) is 0.417. The van der Waals surface area contributed by atoms with Crippen molar-refractivity contribution in [3.05, 3.63) is 28.8 Å². The number of nitriles is 1. The van der Waals surface area contributed by atoms with E-state index in [-0.39, 0.29) is 6.10 Å². The molecule has 0 spiro atoms. The van der Waals surface area contributed by atoms with E-state index in [1.165, 1.54) is 0 Å². The molecule has 0 heterocycles. The van der Waals surface area contributed by atoms with Gasteiger partial charge in [0.05, 0.1) is 17.4 Å². The second-order valence-electron chi connectivity index (χ2n) is 3.83. The minimum atomic E-state index is -0.341. The lowest BCUT2D eigenvalue weighted by Gasteiger charge is -2.21. The van der Waals surface area contributed by atoms with E-state index in [4.69, 9.17) is 16.9 Å². The third-order valence-electron chi connectivity index (χ3n) is 2.37. The summed E-state index contributed by atoms with van der Waals surface area (Å²) in [6.45, 7) is 2.43. The SMILES string of the molecule is CC(O)CCN(C)c1cc(Cl)ccc1C#N. The molecule has 0 amide bonds. The highest BCUT2D eigenvalue weighted by molar-refractivity contribution is 6.30. The monoisotopic (exact) mass is 238 g/mol. The van der Waals surface area contributed by atoms with Crippen LogP contribution in [-0.4, -0.2) is 24.8 Å². The van der Waals surface area contributed by atoms with Crippen LogP contribution in [-0.2, 0) is 0 Å². The van der Waals surface area contributed by atoms with Gasteiger partial charge >= 0.3 is 0 Å². The molecule has 0 aliphatic heterocycles. The summed E-state index contributed by atoms with van der Waals surface area (Å²) in [6, 6.07) is 7.30. The zero-order valence-electron chi connectivity index (χ0n) is 9.44. The Bertz CT molecular complexity index is 398. The Morgan fingerprint density at radius 1 is 1.56 bits per heavy atom. The Hall–Kier alpha value is -1.24. The summed E-state index contributed by atoms with van der Waals surface area (Å²) in [5.74, 6) is 0. The van der Waals surface area contributed by atoms with Crippen LogP contribution in [0.1, 0.15) is 18.9 Å². The molecule has 0 aliphatic rings. The maximum atomic E-state index is 9.21. The molecule has 1 aromatic carbocycles. The maximum absolute atomic E-state index is 9.21. The van der Waals surface area contributed by atoms with Gasteiger partial charge in [-0.1, -0.05) is 11.6 Å². The van der Waals surface area contributed by atoms with Gasteiger partial charge < -0.3 is 10.0 Å². The van der Waals surface area contributed by atoms with Crippen molar-refractivity contribution in [3.8, 4) is 6.07 Å². The largest absolute Gasteiger partial charge is 0.393 e. The molecule has 4 heteroatoms. The average Bonchev–Trinajstić information content (AvgIpc) is 2.25. The predicted octanol–water partition coefficient (Wildman–Crippen LogP) is 2.42. The lowest BCUT2D eigenvalue weighted by atomic mass is 10.1. The number of nitrogens with zero attached hydrogens (tertiary/aromatic N) is 2. The lowest BCUT2D eigenvalue weighted by molar-refractivity contribution is 0.187. The molecule has 3 nitrogen and oxygen atoms in total. The molecule has 0 bridgehead atoms. The molecule has 1 N–H and O–H groups in total. The smallest absolute Gasteiger partial charge is 0.101 e. The van der Waals surface area contributed by atoms with Crippen LogP contribution in [0.15, 0.2) is 18.2 Å². The van der Waals surface area contributed by atoms with Gasteiger partial charge in [-0.2, -0.15) is 5.26 Å². The number of halogens is 1. The van der Waals surface area contributed by atoms with E-state index >= 15 is 0 Å². The Morgan fingerprint density at radius 2 is 2.25 bits per heavy atom. The van der Waals surface area contributed by atoms with E-state index in [0.29, 0.717) is 23.6 Å². The maximum Gasteiger partial charge on any atom is 0.101 e. The van der Waals surface area contributed by atoms with Crippen molar-refractivity contribution in [2.45, 2.75) is 19.4 Å². The Labute approximate surface area is 101 Å². The van der Waals surface area contributed by atoms with Crippen molar-refractivity contribution in [2.24, 2.45) is 0 Å². The topological polar surface area (TPSA) is 47.3 Å². The standard InChI is InChI=1S/C12H15ClN2O/c1-9(16)5-6-15(2)12-7-11(13)4-3-10(12)8-14/h3-4,7,9,16H,5-6H2,1-2H3. The van der Waals surface area contributed by atoms with Crippen LogP contribution in [0.4, 0.5) is 5.69 Å². The lowest BCUT2D eigenvalue weighted by Crippen LogP contribution is -2.22. The molecule has 0 fully saturated rings. The quantitative estimate of drug-likeness (QED) is 0.877. The summed E-state index contributed by atoms with van der Waals surface area (Å²) in [4.78, 5) is 1.93. The highest BCUT2D eigenvalue weighted by Crippen LogP contribution is 2.23. The second-order valence-corrected chi connectivity index (χ2v) is 4.27. The van der Waals surface area contributed by atoms with Gasteiger partial charge in [-0.3, -0.25) is 0 Å². The van der Waals surface area contributed by atoms with E-state index in [1.807, 2.05) is 11.9 Å². The van der Waals surface area contributed by atoms with Gasteiger partial charge in [0.1, 0.15) is 6.07 Å². The summed E-state index contributed by atoms with van der Waals surface area (Å²) in [7, 11) is 1.88. The molecule has 1 aromatic rings. The highest BCUT2D eigenvalue weighted by Gasteiger charge is 2.08. The fourth-order valence-corrected chi connectivity index (χ4v) is 1.58. The molecule has 0 aromatic heterocycles. The molecular formula is C12H15ClN2O. The number of aliphatic hydroxyl groups excluding tert-OH is 1. The molecule has 86 valence electrons. The number of hydrogen-bond acceptors (Lipinski definition) is 3. The molecule has 1 unspecified atom stereocenters. The van der Waals surface area contributed by atoms with Gasteiger partial charge in [0.2, 0.25) is 0 Å². The van der Waals surface area contributed by atoms with E-state index in [2.05, 4.69) is 6.07 Å². The van der Waals surface area contributed by atoms with Crippen molar-refractivity contribution >= 4 is 17.3 Å². The normalized spacial score (nSPS) is 11.9. The zero-order valence-corrected chi connectivity index (χ0v) is 10.2. The fourth-order valence-electron chi connectivity index (χ4n) is 1.42. The van der Waals surface area contributed by atoms with Crippen molar-refractivity contribution in [1.82, 2.24) is 0 Å².